The second-order valence-corrected chi connectivity index (χ2v) is 3.03. The van der Waals surface area contributed by atoms with Crippen LogP contribution in [0.25, 0.3) is 0 Å². The van der Waals surface area contributed by atoms with E-state index in [0.717, 1.165) is 0 Å². The monoisotopic (exact) mass is 217 g/mol. The fourth-order valence-corrected chi connectivity index (χ4v) is 0.991. The van der Waals surface area contributed by atoms with E-state index in [1.165, 1.54) is 18.3 Å². The van der Waals surface area contributed by atoms with Crippen LogP contribution in [-0.4, -0.2) is 32.4 Å². The number of hydrogen-bond acceptors (Lipinski definition) is 4. The Morgan fingerprint density at radius 3 is 2.50 bits per heavy atom. The van der Waals surface area contributed by atoms with Crippen LogP contribution in [0.15, 0.2) is 18.3 Å². The summed E-state index contributed by atoms with van der Waals surface area (Å²) in [6.45, 7) is 0. The molecule has 0 radical (unpaired) electrons. The normalized spacial score (nSPS) is 14.8. The van der Waals surface area contributed by atoms with Crippen LogP contribution in [0, 0.1) is 0 Å². The molecule has 2 atom stereocenters. The largest absolute Gasteiger partial charge is 0.479 e. The molecule has 5 nitrogen and oxygen atoms in total. The number of aliphatic hydroxyl groups excluding tert-OH is 2. The van der Waals surface area contributed by atoms with E-state index in [4.69, 9.17) is 21.8 Å². The van der Waals surface area contributed by atoms with Gasteiger partial charge in [0, 0.05) is 11.8 Å². The van der Waals surface area contributed by atoms with Gasteiger partial charge in [-0.15, -0.1) is 0 Å². The standard InChI is InChI=1S/C8H8ClNO4/c9-5-2-1-4(3-10-5)6(11)7(12)8(13)14/h1-3,6-7,11-12H,(H,13,14). The van der Waals surface area contributed by atoms with Gasteiger partial charge in [-0.1, -0.05) is 17.7 Å². The van der Waals surface area contributed by atoms with Crippen molar-refractivity contribution >= 4 is 17.6 Å². The summed E-state index contributed by atoms with van der Waals surface area (Å²) in [6.07, 6.45) is -2.16. The van der Waals surface area contributed by atoms with E-state index in [1.54, 1.807) is 0 Å². The lowest BCUT2D eigenvalue weighted by Crippen LogP contribution is -2.27. The number of carboxylic acids is 1. The molecule has 2 unspecified atom stereocenters. The molecule has 0 saturated heterocycles. The van der Waals surface area contributed by atoms with Crippen molar-refractivity contribution in [2.24, 2.45) is 0 Å². The average molecular weight is 218 g/mol. The Labute approximate surface area is 84.6 Å². The van der Waals surface area contributed by atoms with Crippen LogP contribution < -0.4 is 0 Å². The number of nitrogens with zero attached hydrogens (tertiary/aromatic N) is 1. The zero-order valence-corrected chi connectivity index (χ0v) is 7.72. The Morgan fingerprint density at radius 2 is 2.07 bits per heavy atom. The van der Waals surface area contributed by atoms with Crippen LogP contribution >= 0.6 is 11.6 Å². The van der Waals surface area contributed by atoms with E-state index in [1.807, 2.05) is 0 Å². The highest BCUT2D eigenvalue weighted by Gasteiger charge is 2.25. The van der Waals surface area contributed by atoms with Gasteiger partial charge < -0.3 is 15.3 Å². The zero-order valence-electron chi connectivity index (χ0n) is 6.96. The lowest BCUT2D eigenvalue weighted by Gasteiger charge is -2.13. The Bertz CT molecular complexity index is 327. The number of rotatable bonds is 3. The summed E-state index contributed by atoms with van der Waals surface area (Å²) in [5, 5.41) is 27.0. The number of aromatic nitrogens is 1. The molecule has 0 saturated carbocycles. The molecule has 0 aromatic carbocycles. The van der Waals surface area contributed by atoms with Gasteiger partial charge in [0.1, 0.15) is 11.3 Å². The van der Waals surface area contributed by atoms with Crippen LogP contribution in [0.5, 0.6) is 0 Å². The summed E-state index contributed by atoms with van der Waals surface area (Å²) in [4.78, 5) is 14.0. The maximum Gasteiger partial charge on any atom is 0.335 e. The van der Waals surface area contributed by atoms with E-state index in [0.29, 0.717) is 0 Å². The van der Waals surface area contributed by atoms with Crippen molar-refractivity contribution in [3.63, 3.8) is 0 Å². The fraction of sp³-hybridized carbons (Fsp3) is 0.250. The van der Waals surface area contributed by atoms with Crippen LogP contribution in [0.3, 0.4) is 0 Å². The third kappa shape index (κ3) is 2.41. The molecule has 14 heavy (non-hydrogen) atoms. The second kappa shape index (κ2) is 4.36. The molecule has 76 valence electrons. The first-order chi connectivity index (χ1) is 6.52. The van der Waals surface area contributed by atoms with Gasteiger partial charge in [-0.25, -0.2) is 9.78 Å². The van der Waals surface area contributed by atoms with Gasteiger partial charge in [-0.05, 0) is 6.07 Å². The van der Waals surface area contributed by atoms with E-state index in [9.17, 15) is 9.90 Å². The van der Waals surface area contributed by atoms with Gasteiger partial charge in [-0.3, -0.25) is 0 Å². The van der Waals surface area contributed by atoms with Gasteiger partial charge in [0.15, 0.2) is 6.10 Å². The Morgan fingerprint density at radius 1 is 1.43 bits per heavy atom. The molecule has 0 aliphatic carbocycles. The Hall–Kier alpha value is -1.17. The first-order valence-electron chi connectivity index (χ1n) is 3.72. The maximum absolute atomic E-state index is 10.3. The lowest BCUT2D eigenvalue weighted by molar-refractivity contribution is -0.153. The summed E-state index contributed by atoms with van der Waals surface area (Å²) >= 11 is 5.49. The summed E-state index contributed by atoms with van der Waals surface area (Å²) in [6, 6.07) is 2.79. The van der Waals surface area contributed by atoms with Crippen molar-refractivity contribution in [2.75, 3.05) is 0 Å². The van der Waals surface area contributed by atoms with Gasteiger partial charge in [0.05, 0.1) is 0 Å². The van der Waals surface area contributed by atoms with Gasteiger partial charge in [0.25, 0.3) is 0 Å². The number of carboxylic acid groups (broad SMARTS) is 1. The Kier molecular flexibility index (Phi) is 3.40. The first kappa shape index (κ1) is 10.9. The van der Waals surface area contributed by atoms with Crippen molar-refractivity contribution in [3.8, 4) is 0 Å². The number of halogens is 1. The number of aliphatic carboxylic acids is 1. The van der Waals surface area contributed by atoms with E-state index in [-0.39, 0.29) is 10.7 Å². The third-order valence-corrected chi connectivity index (χ3v) is 1.87. The van der Waals surface area contributed by atoms with Crippen molar-refractivity contribution in [1.29, 1.82) is 0 Å². The smallest absolute Gasteiger partial charge is 0.335 e. The quantitative estimate of drug-likeness (QED) is 0.630. The minimum Gasteiger partial charge on any atom is -0.479 e. The number of hydrogen-bond donors (Lipinski definition) is 3. The van der Waals surface area contributed by atoms with Gasteiger partial charge >= 0.3 is 5.97 Å². The predicted octanol–water partition coefficient (Wildman–Crippen LogP) is 0.214. The second-order valence-electron chi connectivity index (χ2n) is 2.64. The summed E-state index contributed by atoms with van der Waals surface area (Å²) in [7, 11) is 0. The number of aliphatic hydroxyl groups is 2. The lowest BCUT2D eigenvalue weighted by atomic mass is 10.1. The Balaban J connectivity index is 2.84. The van der Waals surface area contributed by atoms with Gasteiger partial charge in [0.2, 0.25) is 0 Å². The minimum absolute atomic E-state index is 0.198. The topological polar surface area (TPSA) is 90.7 Å². The summed E-state index contributed by atoms with van der Waals surface area (Å²) in [5.74, 6) is -1.49. The van der Waals surface area contributed by atoms with Crippen LogP contribution in [0.4, 0.5) is 0 Å². The molecule has 0 amide bonds. The van der Waals surface area contributed by atoms with E-state index in [2.05, 4.69) is 4.98 Å². The SMILES string of the molecule is O=C(O)C(O)C(O)c1ccc(Cl)nc1. The highest BCUT2D eigenvalue weighted by Crippen LogP contribution is 2.17. The van der Waals surface area contributed by atoms with Crippen molar-refractivity contribution in [3.05, 3.63) is 29.0 Å². The minimum atomic E-state index is -1.86. The number of carbonyl (C=O) groups is 1. The summed E-state index contributed by atoms with van der Waals surface area (Å²) < 4.78 is 0. The zero-order chi connectivity index (χ0) is 10.7. The molecule has 0 aliphatic rings. The molecule has 0 bridgehead atoms. The van der Waals surface area contributed by atoms with Crippen molar-refractivity contribution in [1.82, 2.24) is 4.98 Å². The molecule has 1 aromatic heterocycles. The number of pyridine rings is 1. The highest BCUT2D eigenvalue weighted by molar-refractivity contribution is 6.29. The van der Waals surface area contributed by atoms with Crippen LogP contribution in [0.2, 0.25) is 5.15 Å². The molecular formula is C8H8ClNO4. The van der Waals surface area contributed by atoms with Crippen LogP contribution in [-0.2, 0) is 4.79 Å². The molecule has 0 aliphatic heterocycles. The molecule has 1 rings (SSSR count). The summed E-state index contributed by atoms with van der Waals surface area (Å²) in [5.41, 5.74) is 0.198. The fourth-order valence-electron chi connectivity index (χ4n) is 0.880. The molecule has 3 N–H and O–H groups in total. The highest BCUT2D eigenvalue weighted by atomic mass is 35.5. The molecule has 1 aromatic rings. The predicted molar refractivity (Wildman–Crippen MR) is 47.8 cm³/mol. The molecule has 0 fully saturated rings. The molecule has 6 heteroatoms. The van der Waals surface area contributed by atoms with E-state index >= 15 is 0 Å². The van der Waals surface area contributed by atoms with E-state index < -0.39 is 18.2 Å². The third-order valence-electron chi connectivity index (χ3n) is 1.64. The van der Waals surface area contributed by atoms with Crippen LogP contribution in [0.1, 0.15) is 11.7 Å². The molecule has 0 spiro atoms. The van der Waals surface area contributed by atoms with Crippen molar-refractivity contribution < 1.29 is 20.1 Å². The average Bonchev–Trinajstić information content (AvgIpc) is 2.16. The first-order valence-corrected chi connectivity index (χ1v) is 4.10. The van der Waals surface area contributed by atoms with Gasteiger partial charge in [-0.2, -0.15) is 0 Å². The van der Waals surface area contributed by atoms with Crippen molar-refractivity contribution in [2.45, 2.75) is 12.2 Å². The molecule has 1 heterocycles. The maximum atomic E-state index is 10.3. The molecular weight excluding hydrogens is 210 g/mol.